The van der Waals surface area contributed by atoms with Gasteiger partial charge in [-0.25, -0.2) is 0 Å². The highest BCUT2D eigenvalue weighted by molar-refractivity contribution is 6.90. The minimum absolute atomic E-state index is 0.313. The Morgan fingerprint density at radius 3 is 1.83 bits per heavy atom. The molecule has 0 radical (unpaired) electrons. The summed E-state index contributed by atoms with van der Waals surface area (Å²) in [4.78, 5) is 21.9. The first-order valence-electron chi connectivity index (χ1n) is 5.76. The van der Waals surface area contributed by atoms with Crippen LogP contribution in [-0.4, -0.2) is 32.5 Å². The molecule has 98 valence electrons. The van der Waals surface area contributed by atoms with E-state index >= 15 is 0 Å². The summed E-state index contributed by atoms with van der Waals surface area (Å²) >= 11 is 0. The van der Waals surface area contributed by atoms with E-state index in [2.05, 4.69) is 0 Å². The van der Waals surface area contributed by atoms with Crippen molar-refractivity contribution in [2.75, 3.05) is 12.5 Å². The lowest BCUT2D eigenvalue weighted by Gasteiger charge is -2.26. The molecule has 0 amide bonds. The molecule has 0 aliphatic rings. The molecule has 5 heteroatoms. The van der Waals surface area contributed by atoms with E-state index in [9.17, 15) is 9.59 Å². The highest BCUT2D eigenvalue weighted by Crippen LogP contribution is 2.06. The zero-order chi connectivity index (χ0) is 13.6. The topological polar surface area (TPSA) is 52.6 Å². The van der Waals surface area contributed by atoms with Gasteiger partial charge in [-0.1, -0.05) is 42.1 Å². The predicted octanol–water partition coefficient (Wildman–Crippen LogP) is 1.18. The summed E-state index contributed by atoms with van der Waals surface area (Å²) < 4.78 is 10.3. The fourth-order valence-corrected chi connectivity index (χ4v) is 4.03. The Morgan fingerprint density at radius 1 is 1.00 bits per heavy atom. The van der Waals surface area contributed by atoms with Crippen LogP contribution < -0.4 is 5.19 Å². The molecule has 0 aliphatic carbocycles. The van der Waals surface area contributed by atoms with Crippen LogP contribution in [0.3, 0.4) is 0 Å². The Hall–Kier alpha value is -1.62. The van der Waals surface area contributed by atoms with Crippen LogP contribution in [0.4, 0.5) is 0 Å². The number of esters is 2. The third kappa shape index (κ3) is 4.33. The zero-order valence-corrected chi connectivity index (χ0v) is 11.9. The van der Waals surface area contributed by atoms with Gasteiger partial charge in [-0.2, -0.15) is 0 Å². The number of hydrogen-bond acceptors (Lipinski definition) is 4. The first-order chi connectivity index (χ1) is 8.44. The molecule has 0 bridgehead atoms. The molecule has 0 unspecified atom stereocenters. The van der Waals surface area contributed by atoms with E-state index in [1.165, 1.54) is 13.8 Å². The van der Waals surface area contributed by atoms with Gasteiger partial charge in [0.25, 0.3) is 0 Å². The number of ether oxygens (including phenoxy) is 2. The Bertz CT molecular complexity index is 398. The van der Waals surface area contributed by atoms with Crippen LogP contribution in [0.25, 0.3) is 0 Å². The van der Waals surface area contributed by atoms with E-state index in [1.54, 1.807) is 0 Å². The predicted molar refractivity (Wildman–Crippen MR) is 71.0 cm³/mol. The number of carbonyl (C=O) groups excluding carboxylic acids is 2. The van der Waals surface area contributed by atoms with E-state index in [0.717, 1.165) is 5.19 Å². The van der Waals surface area contributed by atoms with Crippen molar-refractivity contribution in [1.29, 1.82) is 0 Å². The summed E-state index contributed by atoms with van der Waals surface area (Å²) in [5, 5.41) is 1.10. The summed E-state index contributed by atoms with van der Waals surface area (Å²) in [7, 11) is -2.14. The molecule has 0 heterocycles. The zero-order valence-electron chi connectivity index (χ0n) is 10.9. The average Bonchev–Trinajstić information content (AvgIpc) is 2.35. The molecule has 0 aromatic heterocycles. The van der Waals surface area contributed by atoms with Crippen molar-refractivity contribution in [3.8, 4) is 0 Å². The van der Waals surface area contributed by atoms with E-state index < -0.39 is 8.07 Å². The number of benzene rings is 1. The van der Waals surface area contributed by atoms with Crippen molar-refractivity contribution < 1.29 is 19.1 Å². The molecule has 0 saturated carbocycles. The highest BCUT2D eigenvalue weighted by atomic mass is 28.3. The third-order valence-corrected chi connectivity index (χ3v) is 5.95. The van der Waals surface area contributed by atoms with Crippen molar-refractivity contribution in [1.82, 2.24) is 0 Å². The normalized spacial score (nSPS) is 10.8. The molecule has 0 N–H and O–H groups in total. The smallest absolute Gasteiger partial charge is 0.302 e. The fraction of sp³-hybridized carbons (Fsp3) is 0.385. The van der Waals surface area contributed by atoms with Gasteiger partial charge in [0, 0.05) is 13.8 Å². The van der Waals surface area contributed by atoms with Gasteiger partial charge in [-0.05, 0) is 0 Å². The summed E-state index contributed by atoms with van der Waals surface area (Å²) in [5.41, 5.74) is 0. The Labute approximate surface area is 108 Å². The van der Waals surface area contributed by atoms with Crippen LogP contribution in [0, 0.1) is 0 Å². The van der Waals surface area contributed by atoms with Crippen molar-refractivity contribution in [2.45, 2.75) is 20.4 Å². The van der Waals surface area contributed by atoms with Crippen molar-refractivity contribution in [3.05, 3.63) is 30.3 Å². The molecule has 1 aromatic carbocycles. The van der Waals surface area contributed by atoms with Crippen molar-refractivity contribution in [3.63, 3.8) is 0 Å². The van der Waals surface area contributed by atoms with Gasteiger partial charge < -0.3 is 9.47 Å². The van der Waals surface area contributed by atoms with Crippen LogP contribution in [0.5, 0.6) is 0 Å². The van der Waals surface area contributed by atoms with Gasteiger partial charge in [0.05, 0.1) is 12.5 Å². The standard InChI is InChI=1S/C13H18O4Si/c1-11(14)16-9-18(3,10-17-12(2)15)13-7-5-4-6-8-13/h4-8H,9-10H2,1-3H3. The molecule has 0 atom stereocenters. The Kier molecular flexibility index (Phi) is 5.09. The minimum atomic E-state index is -2.14. The summed E-state index contributed by atoms with van der Waals surface area (Å²) in [6.07, 6.45) is 0.638. The van der Waals surface area contributed by atoms with Gasteiger partial charge in [-0.3, -0.25) is 9.59 Å². The van der Waals surface area contributed by atoms with Crippen LogP contribution in [0.15, 0.2) is 30.3 Å². The molecule has 1 aromatic rings. The third-order valence-electron chi connectivity index (χ3n) is 2.66. The molecule has 18 heavy (non-hydrogen) atoms. The lowest BCUT2D eigenvalue weighted by atomic mass is 10.4. The molecule has 0 spiro atoms. The molecular weight excluding hydrogens is 248 g/mol. The molecule has 1 rings (SSSR count). The average molecular weight is 266 g/mol. The molecule has 4 nitrogen and oxygen atoms in total. The second kappa shape index (κ2) is 6.35. The largest absolute Gasteiger partial charge is 0.469 e. The molecule has 0 fully saturated rings. The quantitative estimate of drug-likeness (QED) is 0.593. The maximum absolute atomic E-state index is 11.0. The van der Waals surface area contributed by atoms with Crippen molar-refractivity contribution in [2.24, 2.45) is 0 Å². The molecule has 0 aliphatic heterocycles. The second-order valence-electron chi connectivity index (χ2n) is 4.49. The summed E-state index contributed by atoms with van der Waals surface area (Å²) in [6, 6.07) is 9.76. The first kappa shape index (κ1) is 14.4. The van der Waals surface area contributed by atoms with E-state index in [-0.39, 0.29) is 11.9 Å². The summed E-state index contributed by atoms with van der Waals surface area (Å²) in [6.45, 7) is 4.80. The van der Waals surface area contributed by atoms with Gasteiger partial charge >= 0.3 is 11.9 Å². The Morgan fingerprint density at radius 2 is 1.44 bits per heavy atom. The second-order valence-corrected chi connectivity index (χ2v) is 8.76. The van der Waals surface area contributed by atoms with Gasteiger partial charge in [-0.15, -0.1) is 0 Å². The van der Waals surface area contributed by atoms with Gasteiger partial charge in [0.2, 0.25) is 0 Å². The number of hydrogen-bond donors (Lipinski definition) is 0. The Balaban J connectivity index is 2.86. The first-order valence-corrected chi connectivity index (χ1v) is 8.68. The van der Waals surface area contributed by atoms with Gasteiger partial charge in [0.1, 0.15) is 0 Å². The summed E-state index contributed by atoms with van der Waals surface area (Å²) in [5.74, 6) is -0.625. The molecule has 0 saturated heterocycles. The van der Waals surface area contributed by atoms with Crippen LogP contribution in [0.2, 0.25) is 6.55 Å². The van der Waals surface area contributed by atoms with Crippen LogP contribution in [-0.2, 0) is 19.1 Å². The monoisotopic (exact) mass is 266 g/mol. The van der Waals surface area contributed by atoms with Crippen LogP contribution >= 0.6 is 0 Å². The van der Waals surface area contributed by atoms with E-state index in [4.69, 9.17) is 9.47 Å². The van der Waals surface area contributed by atoms with E-state index in [0.29, 0.717) is 12.5 Å². The minimum Gasteiger partial charge on any atom is -0.469 e. The maximum Gasteiger partial charge on any atom is 0.302 e. The highest BCUT2D eigenvalue weighted by Gasteiger charge is 2.33. The van der Waals surface area contributed by atoms with Gasteiger partial charge in [0.15, 0.2) is 8.07 Å². The number of carbonyl (C=O) groups is 2. The maximum atomic E-state index is 11.0. The van der Waals surface area contributed by atoms with E-state index in [1.807, 2.05) is 36.9 Å². The lowest BCUT2D eigenvalue weighted by Crippen LogP contribution is -2.54. The molecular formula is C13H18O4Si. The lowest BCUT2D eigenvalue weighted by molar-refractivity contribution is -0.139. The van der Waals surface area contributed by atoms with Crippen LogP contribution in [0.1, 0.15) is 13.8 Å². The fourth-order valence-electron chi connectivity index (χ4n) is 1.57. The SMILES string of the molecule is CC(=O)OC[Si](C)(COC(C)=O)c1ccccc1. The van der Waals surface area contributed by atoms with Crippen molar-refractivity contribution >= 4 is 25.2 Å². The number of rotatable bonds is 5.